The molecular weight excluding hydrogens is 416 g/mol. The number of thiophene rings is 1. The van der Waals surface area contributed by atoms with Crippen molar-refractivity contribution < 1.29 is 14.3 Å². The summed E-state index contributed by atoms with van der Waals surface area (Å²) in [6.07, 6.45) is 3.25. The Labute approximate surface area is 183 Å². The number of nitrogens with zero attached hydrogens (tertiary/aromatic N) is 4. The topological polar surface area (TPSA) is 103 Å². The van der Waals surface area contributed by atoms with Crippen molar-refractivity contribution in [3.63, 3.8) is 0 Å². The molecule has 0 atom stereocenters. The van der Waals surface area contributed by atoms with Crippen molar-refractivity contribution >= 4 is 34.1 Å². The molecule has 0 unspecified atom stereocenters. The number of rotatable bonds is 9. The minimum absolute atomic E-state index is 0.221. The van der Waals surface area contributed by atoms with Gasteiger partial charge in [0.15, 0.2) is 5.65 Å². The van der Waals surface area contributed by atoms with Gasteiger partial charge >= 0.3 is 0 Å². The summed E-state index contributed by atoms with van der Waals surface area (Å²) in [4.78, 5) is 22.4. The van der Waals surface area contributed by atoms with Crippen LogP contribution in [0.2, 0.25) is 0 Å². The predicted molar refractivity (Wildman–Crippen MR) is 119 cm³/mol. The number of carbonyl (C=O) groups excluding carboxylic acids is 1. The van der Waals surface area contributed by atoms with Crippen LogP contribution in [-0.4, -0.2) is 46.4 Å². The Morgan fingerprint density at radius 1 is 1.16 bits per heavy atom. The van der Waals surface area contributed by atoms with Gasteiger partial charge in [0.1, 0.15) is 23.6 Å². The second-order valence-corrected chi connectivity index (χ2v) is 7.65. The molecular formula is C21H22N6O3S. The first-order valence-electron chi connectivity index (χ1n) is 9.62. The van der Waals surface area contributed by atoms with Crippen molar-refractivity contribution in [1.29, 1.82) is 0 Å². The Morgan fingerprint density at radius 3 is 2.68 bits per heavy atom. The van der Waals surface area contributed by atoms with Crippen LogP contribution in [0.15, 0.2) is 48.2 Å². The fraction of sp³-hybridized carbons (Fsp3) is 0.238. The first-order chi connectivity index (χ1) is 15.2. The Bertz CT molecular complexity index is 1150. The number of aromatic nitrogens is 4. The van der Waals surface area contributed by atoms with Crippen LogP contribution < -0.4 is 20.1 Å². The van der Waals surface area contributed by atoms with Crippen molar-refractivity contribution in [2.24, 2.45) is 0 Å². The van der Waals surface area contributed by atoms with Crippen LogP contribution >= 0.6 is 11.3 Å². The zero-order chi connectivity index (χ0) is 21.6. The highest BCUT2D eigenvalue weighted by Crippen LogP contribution is 2.23. The van der Waals surface area contributed by atoms with Crippen LogP contribution in [0.25, 0.3) is 11.0 Å². The van der Waals surface area contributed by atoms with Gasteiger partial charge in [-0.3, -0.25) is 4.79 Å². The monoisotopic (exact) mass is 438 g/mol. The molecule has 0 fully saturated rings. The standard InChI is InChI=1S/C21H22N6O3S/c1-29-15-8-14(9-16(10-15)30-2)21(28)22-5-6-27-20-18(12-26-27)19(24-13-25-20)23-11-17-4-3-7-31-17/h3-4,7-10,12-13H,5-6,11H2,1-2H3,(H,22,28)(H,23,24,25). The molecule has 3 heterocycles. The van der Waals surface area contributed by atoms with Gasteiger partial charge in [-0.25, -0.2) is 14.6 Å². The van der Waals surface area contributed by atoms with Crippen molar-refractivity contribution in [1.82, 2.24) is 25.1 Å². The second-order valence-electron chi connectivity index (χ2n) is 6.62. The lowest BCUT2D eigenvalue weighted by Crippen LogP contribution is -2.27. The lowest BCUT2D eigenvalue weighted by molar-refractivity contribution is 0.0951. The molecule has 3 aromatic heterocycles. The highest BCUT2D eigenvalue weighted by Gasteiger charge is 2.12. The molecule has 0 saturated heterocycles. The molecule has 0 saturated carbocycles. The molecule has 31 heavy (non-hydrogen) atoms. The van der Waals surface area contributed by atoms with E-state index < -0.39 is 0 Å². The Balaban J connectivity index is 1.40. The second kappa shape index (κ2) is 9.43. The van der Waals surface area contributed by atoms with Gasteiger partial charge in [0, 0.05) is 23.1 Å². The lowest BCUT2D eigenvalue weighted by Gasteiger charge is -2.10. The van der Waals surface area contributed by atoms with E-state index in [-0.39, 0.29) is 5.91 Å². The summed E-state index contributed by atoms with van der Waals surface area (Å²) < 4.78 is 12.2. The summed E-state index contributed by atoms with van der Waals surface area (Å²) in [6.45, 7) is 1.55. The van der Waals surface area contributed by atoms with Gasteiger partial charge in [0.25, 0.3) is 5.91 Å². The van der Waals surface area contributed by atoms with Gasteiger partial charge in [-0.15, -0.1) is 11.3 Å². The fourth-order valence-electron chi connectivity index (χ4n) is 3.10. The van der Waals surface area contributed by atoms with Crippen molar-refractivity contribution in [3.8, 4) is 11.5 Å². The van der Waals surface area contributed by atoms with Gasteiger partial charge in [-0.1, -0.05) is 6.07 Å². The van der Waals surface area contributed by atoms with Crippen LogP contribution in [0.5, 0.6) is 11.5 Å². The lowest BCUT2D eigenvalue weighted by atomic mass is 10.2. The van der Waals surface area contributed by atoms with Gasteiger partial charge in [0.05, 0.1) is 38.9 Å². The van der Waals surface area contributed by atoms with E-state index in [1.165, 1.54) is 11.2 Å². The first-order valence-corrected chi connectivity index (χ1v) is 10.5. The van der Waals surface area contributed by atoms with Crippen LogP contribution in [0.1, 0.15) is 15.2 Å². The molecule has 0 spiro atoms. The molecule has 0 aliphatic heterocycles. The molecule has 2 N–H and O–H groups in total. The van der Waals surface area contributed by atoms with E-state index in [0.29, 0.717) is 42.3 Å². The molecule has 0 aliphatic carbocycles. The van der Waals surface area contributed by atoms with Gasteiger partial charge in [-0.05, 0) is 23.6 Å². The maximum Gasteiger partial charge on any atom is 0.251 e. The number of benzene rings is 1. The summed E-state index contributed by atoms with van der Waals surface area (Å²) in [5, 5.41) is 13.5. The number of fused-ring (bicyclic) bond motifs is 1. The molecule has 0 bridgehead atoms. The van der Waals surface area contributed by atoms with Gasteiger partial charge in [0.2, 0.25) is 0 Å². The highest BCUT2D eigenvalue weighted by molar-refractivity contribution is 7.09. The summed E-state index contributed by atoms with van der Waals surface area (Å²) in [7, 11) is 3.09. The zero-order valence-corrected chi connectivity index (χ0v) is 18.0. The number of nitrogens with one attached hydrogen (secondary N) is 2. The number of methoxy groups -OCH3 is 2. The maximum atomic E-state index is 12.5. The third-order valence-electron chi connectivity index (χ3n) is 4.67. The van der Waals surface area contributed by atoms with Crippen LogP contribution in [0, 0.1) is 0 Å². The minimum atomic E-state index is -0.221. The summed E-state index contributed by atoms with van der Waals surface area (Å²) in [5.41, 5.74) is 1.17. The SMILES string of the molecule is COc1cc(OC)cc(C(=O)NCCn2ncc3c(NCc4cccs4)ncnc32)c1. The smallest absolute Gasteiger partial charge is 0.251 e. The Morgan fingerprint density at radius 2 is 1.97 bits per heavy atom. The third-order valence-corrected chi connectivity index (χ3v) is 5.54. The van der Waals surface area contributed by atoms with Crippen LogP contribution in [-0.2, 0) is 13.1 Å². The molecule has 0 aliphatic rings. The largest absolute Gasteiger partial charge is 0.497 e. The molecule has 4 aromatic rings. The van der Waals surface area contributed by atoms with E-state index in [9.17, 15) is 4.79 Å². The molecule has 4 rings (SSSR count). The maximum absolute atomic E-state index is 12.5. The Hall–Kier alpha value is -3.66. The van der Waals surface area contributed by atoms with Gasteiger partial charge < -0.3 is 20.1 Å². The fourth-order valence-corrected chi connectivity index (χ4v) is 3.74. The minimum Gasteiger partial charge on any atom is -0.497 e. The van der Waals surface area contributed by atoms with Crippen molar-refractivity contribution in [2.75, 3.05) is 26.1 Å². The molecule has 9 nitrogen and oxygen atoms in total. The average Bonchev–Trinajstić information content (AvgIpc) is 3.47. The number of hydrogen-bond donors (Lipinski definition) is 2. The van der Waals surface area contributed by atoms with E-state index in [0.717, 1.165) is 11.2 Å². The van der Waals surface area contributed by atoms with Gasteiger partial charge in [-0.2, -0.15) is 5.10 Å². The van der Waals surface area contributed by atoms with E-state index in [2.05, 4.69) is 31.8 Å². The van der Waals surface area contributed by atoms with Crippen molar-refractivity contribution in [2.45, 2.75) is 13.1 Å². The van der Waals surface area contributed by atoms with E-state index in [4.69, 9.17) is 9.47 Å². The number of amides is 1. The number of carbonyl (C=O) groups is 1. The van der Waals surface area contributed by atoms with E-state index >= 15 is 0 Å². The summed E-state index contributed by atoms with van der Waals surface area (Å²) in [5.74, 6) is 1.63. The summed E-state index contributed by atoms with van der Waals surface area (Å²) in [6, 6.07) is 9.14. The summed E-state index contributed by atoms with van der Waals surface area (Å²) >= 11 is 1.69. The quantitative estimate of drug-likeness (QED) is 0.414. The average molecular weight is 439 g/mol. The third kappa shape index (κ3) is 4.75. The number of hydrogen-bond acceptors (Lipinski definition) is 8. The number of anilines is 1. The highest BCUT2D eigenvalue weighted by atomic mass is 32.1. The normalized spacial score (nSPS) is 10.8. The Kier molecular flexibility index (Phi) is 6.27. The van der Waals surface area contributed by atoms with E-state index in [1.807, 2.05) is 11.4 Å². The van der Waals surface area contributed by atoms with E-state index in [1.54, 1.807) is 54.6 Å². The molecule has 160 valence electrons. The molecule has 1 amide bonds. The molecule has 0 radical (unpaired) electrons. The van der Waals surface area contributed by atoms with Crippen LogP contribution in [0.4, 0.5) is 5.82 Å². The number of ether oxygens (including phenoxy) is 2. The van der Waals surface area contributed by atoms with Crippen molar-refractivity contribution in [3.05, 3.63) is 58.7 Å². The molecule has 1 aromatic carbocycles. The molecule has 10 heteroatoms. The van der Waals surface area contributed by atoms with Crippen LogP contribution in [0.3, 0.4) is 0 Å². The zero-order valence-electron chi connectivity index (χ0n) is 17.2. The first kappa shape index (κ1) is 20.6. The predicted octanol–water partition coefficient (Wildman–Crippen LogP) is 2.95.